The lowest BCUT2D eigenvalue weighted by atomic mass is 9.77. The molecular formula is C16H22N4O3S. The number of sulfonamides is 1. The van der Waals surface area contributed by atoms with Gasteiger partial charge in [-0.25, -0.2) is 13.1 Å². The van der Waals surface area contributed by atoms with Gasteiger partial charge in [0, 0.05) is 11.1 Å². The molecule has 1 fully saturated rings. The summed E-state index contributed by atoms with van der Waals surface area (Å²) in [5.41, 5.74) is 5.81. The normalized spacial score (nSPS) is 17.5. The highest BCUT2D eigenvalue weighted by Gasteiger charge is 2.39. The van der Waals surface area contributed by atoms with Crippen LogP contribution in [0.4, 0.5) is 0 Å². The molecule has 24 heavy (non-hydrogen) atoms. The molecule has 0 amide bonds. The molecule has 8 heteroatoms. The topological polar surface area (TPSA) is 111 Å². The Morgan fingerprint density at radius 1 is 1.21 bits per heavy atom. The maximum Gasteiger partial charge on any atom is 0.257 e. The van der Waals surface area contributed by atoms with Crippen LogP contribution in [-0.2, 0) is 15.6 Å². The van der Waals surface area contributed by atoms with Crippen molar-refractivity contribution in [2.24, 2.45) is 5.73 Å². The summed E-state index contributed by atoms with van der Waals surface area (Å²) in [7, 11) is -3.57. The van der Waals surface area contributed by atoms with Gasteiger partial charge in [0.05, 0.1) is 10.4 Å². The van der Waals surface area contributed by atoms with Gasteiger partial charge in [-0.1, -0.05) is 5.16 Å². The van der Waals surface area contributed by atoms with Gasteiger partial charge in [0.15, 0.2) is 5.82 Å². The lowest BCUT2D eigenvalue weighted by Crippen LogP contribution is -2.44. The molecule has 1 aliphatic rings. The molecule has 1 aliphatic carbocycles. The van der Waals surface area contributed by atoms with Gasteiger partial charge in [-0.15, -0.1) is 0 Å². The number of hydrogen-bond donors (Lipinski definition) is 2. The molecule has 1 saturated carbocycles. The molecule has 0 radical (unpaired) electrons. The van der Waals surface area contributed by atoms with Crippen molar-refractivity contribution in [3.63, 3.8) is 0 Å². The van der Waals surface area contributed by atoms with Crippen molar-refractivity contribution >= 4 is 10.0 Å². The van der Waals surface area contributed by atoms with Crippen LogP contribution >= 0.6 is 0 Å². The molecule has 1 heterocycles. The van der Waals surface area contributed by atoms with E-state index < -0.39 is 21.1 Å². The highest BCUT2D eigenvalue weighted by Crippen LogP contribution is 2.37. The second-order valence-corrected chi connectivity index (χ2v) is 9.00. The van der Waals surface area contributed by atoms with E-state index in [0.29, 0.717) is 17.3 Å². The van der Waals surface area contributed by atoms with E-state index in [0.717, 1.165) is 19.3 Å². The maximum atomic E-state index is 12.3. The van der Waals surface area contributed by atoms with Crippen molar-refractivity contribution in [2.45, 2.75) is 56.0 Å². The van der Waals surface area contributed by atoms with E-state index in [9.17, 15) is 8.42 Å². The minimum absolute atomic E-state index is 0.190. The molecule has 2 aromatic rings. The predicted octanol–water partition coefficient (Wildman–Crippen LogP) is 2.15. The summed E-state index contributed by atoms with van der Waals surface area (Å²) in [6.07, 6.45) is 2.76. The molecular weight excluding hydrogens is 328 g/mol. The van der Waals surface area contributed by atoms with Crippen LogP contribution in [0.15, 0.2) is 33.7 Å². The van der Waals surface area contributed by atoms with E-state index in [1.54, 1.807) is 32.9 Å². The lowest BCUT2D eigenvalue weighted by molar-refractivity contribution is 0.229. The molecule has 0 aliphatic heterocycles. The monoisotopic (exact) mass is 350 g/mol. The number of hydrogen-bond acceptors (Lipinski definition) is 6. The minimum atomic E-state index is -3.57. The summed E-state index contributed by atoms with van der Waals surface area (Å²) in [6, 6.07) is 6.35. The Balaban J connectivity index is 1.82. The van der Waals surface area contributed by atoms with E-state index in [4.69, 9.17) is 10.3 Å². The van der Waals surface area contributed by atoms with E-state index in [-0.39, 0.29) is 4.90 Å². The summed E-state index contributed by atoms with van der Waals surface area (Å²) in [6.45, 7) is 5.38. The average Bonchev–Trinajstić information content (AvgIpc) is 2.92. The Bertz CT molecular complexity index is 831. The molecule has 0 spiro atoms. The number of nitrogens with two attached hydrogens (primary N) is 1. The third-order valence-electron chi connectivity index (χ3n) is 3.97. The summed E-state index contributed by atoms with van der Waals surface area (Å²) in [5, 5.41) is 3.96. The van der Waals surface area contributed by atoms with E-state index in [1.165, 1.54) is 12.1 Å². The largest absolute Gasteiger partial charge is 0.334 e. The Kier molecular flexibility index (Phi) is 4.01. The minimum Gasteiger partial charge on any atom is -0.334 e. The molecule has 1 aromatic heterocycles. The molecule has 0 atom stereocenters. The van der Waals surface area contributed by atoms with Crippen LogP contribution in [0.2, 0.25) is 0 Å². The van der Waals surface area contributed by atoms with Crippen LogP contribution < -0.4 is 10.5 Å². The van der Waals surface area contributed by atoms with Crippen molar-refractivity contribution in [3.05, 3.63) is 30.1 Å². The third kappa shape index (κ3) is 3.35. The van der Waals surface area contributed by atoms with E-state index in [2.05, 4.69) is 14.9 Å². The van der Waals surface area contributed by atoms with Crippen LogP contribution in [0.3, 0.4) is 0 Å². The molecule has 0 bridgehead atoms. The first kappa shape index (κ1) is 17.1. The first-order valence-corrected chi connectivity index (χ1v) is 9.35. The molecule has 0 saturated heterocycles. The molecule has 0 unspecified atom stereocenters. The van der Waals surface area contributed by atoms with Crippen molar-refractivity contribution in [2.75, 3.05) is 0 Å². The predicted molar refractivity (Wildman–Crippen MR) is 89.5 cm³/mol. The quantitative estimate of drug-likeness (QED) is 0.874. The standard InChI is InChI=1S/C16H22N4O3S/c1-15(2,3)20-24(21,22)12-7-5-11(6-8-12)13-18-14(19-23-13)16(17)9-4-10-16/h5-8,20H,4,9-10,17H2,1-3H3. The van der Waals surface area contributed by atoms with Crippen molar-refractivity contribution in [1.29, 1.82) is 0 Å². The highest BCUT2D eigenvalue weighted by atomic mass is 32.2. The first-order chi connectivity index (χ1) is 11.1. The van der Waals surface area contributed by atoms with Gasteiger partial charge in [-0.05, 0) is 64.3 Å². The molecule has 3 N–H and O–H groups in total. The number of aromatic nitrogens is 2. The summed E-state index contributed by atoms with van der Waals surface area (Å²) in [4.78, 5) is 4.55. The van der Waals surface area contributed by atoms with Gasteiger partial charge in [-0.3, -0.25) is 0 Å². The maximum absolute atomic E-state index is 12.3. The number of nitrogens with one attached hydrogen (secondary N) is 1. The van der Waals surface area contributed by atoms with Crippen molar-refractivity contribution in [1.82, 2.24) is 14.9 Å². The number of nitrogens with zero attached hydrogens (tertiary/aromatic N) is 2. The van der Waals surface area contributed by atoms with Gasteiger partial charge in [0.1, 0.15) is 0 Å². The summed E-state index contributed by atoms with van der Waals surface area (Å²) < 4.78 is 32.5. The fraction of sp³-hybridized carbons (Fsp3) is 0.500. The van der Waals surface area contributed by atoms with Crippen LogP contribution in [0.5, 0.6) is 0 Å². The zero-order valence-corrected chi connectivity index (χ0v) is 14.9. The number of benzene rings is 1. The van der Waals surface area contributed by atoms with Gasteiger partial charge < -0.3 is 10.3 Å². The lowest BCUT2D eigenvalue weighted by Gasteiger charge is -2.34. The van der Waals surface area contributed by atoms with Gasteiger partial charge in [0.25, 0.3) is 5.89 Å². The Morgan fingerprint density at radius 2 is 1.83 bits per heavy atom. The molecule has 130 valence electrons. The summed E-state index contributed by atoms with van der Waals surface area (Å²) in [5.74, 6) is 0.851. The fourth-order valence-electron chi connectivity index (χ4n) is 2.56. The molecule has 3 rings (SSSR count). The zero-order chi connectivity index (χ0) is 17.6. The first-order valence-electron chi connectivity index (χ1n) is 7.87. The van der Waals surface area contributed by atoms with Crippen LogP contribution in [0.25, 0.3) is 11.5 Å². The third-order valence-corrected chi connectivity index (χ3v) is 5.74. The fourth-order valence-corrected chi connectivity index (χ4v) is 3.98. The van der Waals surface area contributed by atoms with Crippen LogP contribution in [0.1, 0.15) is 45.9 Å². The summed E-state index contributed by atoms with van der Waals surface area (Å²) >= 11 is 0. The van der Waals surface area contributed by atoms with Gasteiger partial charge >= 0.3 is 0 Å². The second-order valence-electron chi connectivity index (χ2n) is 7.31. The molecule has 7 nitrogen and oxygen atoms in total. The van der Waals surface area contributed by atoms with Crippen molar-refractivity contribution in [3.8, 4) is 11.5 Å². The van der Waals surface area contributed by atoms with E-state index in [1.807, 2.05) is 0 Å². The van der Waals surface area contributed by atoms with Gasteiger partial charge in [-0.2, -0.15) is 4.98 Å². The van der Waals surface area contributed by atoms with Crippen LogP contribution in [0, 0.1) is 0 Å². The van der Waals surface area contributed by atoms with Crippen LogP contribution in [-0.4, -0.2) is 24.1 Å². The number of rotatable bonds is 4. The highest BCUT2D eigenvalue weighted by molar-refractivity contribution is 7.89. The van der Waals surface area contributed by atoms with E-state index >= 15 is 0 Å². The Morgan fingerprint density at radius 3 is 2.33 bits per heavy atom. The van der Waals surface area contributed by atoms with Gasteiger partial charge in [0.2, 0.25) is 10.0 Å². The molecule has 1 aromatic carbocycles. The Labute approximate surface area is 141 Å². The zero-order valence-electron chi connectivity index (χ0n) is 14.0. The Hall–Kier alpha value is -1.77. The average molecular weight is 350 g/mol. The SMILES string of the molecule is CC(C)(C)NS(=O)(=O)c1ccc(-c2nc(C3(N)CCC3)no2)cc1. The second kappa shape index (κ2) is 5.65. The smallest absolute Gasteiger partial charge is 0.257 e. The van der Waals surface area contributed by atoms with Crippen molar-refractivity contribution < 1.29 is 12.9 Å².